The molecular weight excluding hydrogens is 476 g/mol. The van der Waals surface area contributed by atoms with Crippen molar-refractivity contribution in [2.45, 2.75) is 19.9 Å². The van der Waals surface area contributed by atoms with Crippen LogP contribution in [0.25, 0.3) is 6.08 Å². The van der Waals surface area contributed by atoms with Gasteiger partial charge < -0.3 is 14.2 Å². The second kappa shape index (κ2) is 9.87. The maximum absolute atomic E-state index is 13.7. The lowest BCUT2D eigenvalue weighted by molar-refractivity contribution is -0.139. The van der Waals surface area contributed by atoms with Crippen molar-refractivity contribution in [3.05, 3.63) is 89.6 Å². The van der Waals surface area contributed by atoms with Gasteiger partial charge in [0.05, 0.1) is 36.6 Å². The molecule has 0 radical (unpaired) electrons. The van der Waals surface area contributed by atoms with Gasteiger partial charge >= 0.3 is 5.97 Å². The van der Waals surface area contributed by atoms with Gasteiger partial charge in [-0.2, -0.15) is 0 Å². The van der Waals surface area contributed by atoms with Gasteiger partial charge in [-0.1, -0.05) is 41.1 Å². The van der Waals surface area contributed by atoms with Crippen LogP contribution in [-0.2, 0) is 9.53 Å². The average molecular weight is 499 g/mol. The summed E-state index contributed by atoms with van der Waals surface area (Å²) >= 11 is 7.75. The summed E-state index contributed by atoms with van der Waals surface area (Å²) in [6.07, 6.45) is 1.73. The van der Waals surface area contributed by atoms with Crippen LogP contribution in [0.1, 0.15) is 31.0 Å². The van der Waals surface area contributed by atoms with E-state index in [1.807, 2.05) is 6.07 Å². The molecule has 176 valence electrons. The highest BCUT2D eigenvalue weighted by Crippen LogP contribution is 2.34. The van der Waals surface area contributed by atoms with Crippen molar-refractivity contribution >= 4 is 35.0 Å². The van der Waals surface area contributed by atoms with Gasteiger partial charge in [0.25, 0.3) is 5.56 Å². The molecule has 9 heteroatoms. The lowest BCUT2D eigenvalue weighted by Gasteiger charge is -2.25. The smallest absolute Gasteiger partial charge is 0.338 e. The van der Waals surface area contributed by atoms with E-state index in [4.69, 9.17) is 25.8 Å². The highest BCUT2D eigenvalue weighted by molar-refractivity contribution is 7.07. The Labute approximate surface area is 205 Å². The predicted molar refractivity (Wildman–Crippen MR) is 131 cm³/mol. The predicted octanol–water partition coefficient (Wildman–Crippen LogP) is 3.47. The van der Waals surface area contributed by atoms with Crippen LogP contribution < -0.4 is 24.4 Å². The number of rotatable bonds is 6. The lowest BCUT2D eigenvalue weighted by atomic mass is 9.96. The third-order valence-corrected chi connectivity index (χ3v) is 6.77. The molecule has 1 aromatic heterocycles. The van der Waals surface area contributed by atoms with Gasteiger partial charge in [-0.3, -0.25) is 9.36 Å². The van der Waals surface area contributed by atoms with Gasteiger partial charge in [-0.15, -0.1) is 0 Å². The number of aromatic nitrogens is 1. The van der Waals surface area contributed by atoms with E-state index >= 15 is 0 Å². The zero-order chi connectivity index (χ0) is 24.4. The van der Waals surface area contributed by atoms with Gasteiger partial charge in [0, 0.05) is 10.6 Å². The van der Waals surface area contributed by atoms with E-state index in [2.05, 4.69) is 4.99 Å². The summed E-state index contributed by atoms with van der Waals surface area (Å²) in [7, 11) is 3.13. The molecule has 0 aliphatic carbocycles. The SMILES string of the molecule is CCOC(=O)C1=C(C)N=c2s/c(=C\c3cc(OC)ccc3OC)c(=O)n2[C@@H]1c1ccccc1Cl. The Morgan fingerprint density at radius 3 is 2.65 bits per heavy atom. The number of allylic oxidation sites excluding steroid dienone is 1. The van der Waals surface area contributed by atoms with Crippen molar-refractivity contribution in [3.8, 4) is 11.5 Å². The number of thiazole rings is 1. The summed E-state index contributed by atoms with van der Waals surface area (Å²) in [5.41, 5.74) is 1.77. The minimum Gasteiger partial charge on any atom is -0.497 e. The minimum absolute atomic E-state index is 0.199. The Bertz CT molecular complexity index is 1470. The Kier molecular flexibility index (Phi) is 6.90. The number of carbonyl (C=O) groups excluding carboxylic acids is 1. The molecule has 0 amide bonds. The maximum atomic E-state index is 13.7. The number of methoxy groups -OCH3 is 2. The molecule has 4 rings (SSSR count). The highest BCUT2D eigenvalue weighted by atomic mass is 35.5. The van der Waals surface area contributed by atoms with Crippen LogP contribution in [0.4, 0.5) is 0 Å². The largest absolute Gasteiger partial charge is 0.497 e. The Hall–Kier alpha value is -3.36. The number of benzene rings is 2. The molecule has 1 atom stereocenters. The number of halogens is 1. The third-order valence-electron chi connectivity index (χ3n) is 5.44. The summed E-state index contributed by atoms with van der Waals surface area (Å²) in [6, 6.07) is 11.7. The van der Waals surface area contributed by atoms with Crippen molar-refractivity contribution in [2.24, 2.45) is 4.99 Å². The summed E-state index contributed by atoms with van der Waals surface area (Å²) in [6.45, 7) is 3.66. The van der Waals surface area contributed by atoms with Crippen molar-refractivity contribution in [3.63, 3.8) is 0 Å². The fourth-order valence-corrected chi connectivity index (χ4v) is 5.15. The molecular formula is C25H23ClN2O5S. The molecule has 0 spiro atoms. The monoisotopic (exact) mass is 498 g/mol. The van der Waals surface area contributed by atoms with E-state index in [1.54, 1.807) is 70.5 Å². The number of hydrogen-bond acceptors (Lipinski definition) is 7. The zero-order valence-electron chi connectivity index (χ0n) is 19.1. The standard InChI is InChI=1S/C25H23ClN2O5S/c1-5-33-24(30)21-14(2)27-25-28(22(21)17-8-6-7-9-18(17)26)23(29)20(34-25)13-15-12-16(31-3)10-11-19(15)32-4/h6-13,22H,5H2,1-4H3/b20-13-/t22-/m1/s1. The van der Waals surface area contributed by atoms with Gasteiger partial charge in [0.2, 0.25) is 0 Å². The molecule has 2 aromatic carbocycles. The highest BCUT2D eigenvalue weighted by Gasteiger charge is 2.34. The van der Waals surface area contributed by atoms with Crippen LogP contribution in [0.5, 0.6) is 11.5 Å². The van der Waals surface area contributed by atoms with Crippen molar-refractivity contribution in [1.29, 1.82) is 0 Å². The van der Waals surface area contributed by atoms with Crippen molar-refractivity contribution < 1.29 is 19.0 Å². The zero-order valence-corrected chi connectivity index (χ0v) is 20.7. The van der Waals surface area contributed by atoms with Crippen molar-refractivity contribution in [1.82, 2.24) is 4.57 Å². The molecule has 0 saturated heterocycles. The third kappa shape index (κ3) is 4.26. The molecule has 0 N–H and O–H groups in total. The molecule has 0 bridgehead atoms. The molecule has 7 nitrogen and oxygen atoms in total. The Balaban J connectivity index is 1.99. The van der Waals surface area contributed by atoms with E-state index in [-0.39, 0.29) is 17.7 Å². The summed E-state index contributed by atoms with van der Waals surface area (Å²) in [5, 5.41) is 0.438. The van der Waals surface area contributed by atoms with E-state index < -0.39 is 12.0 Å². The molecule has 1 aliphatic heterocycles. The van der Waals surface area contributed by atoms with Gasteiger partial charge in [0.15, 0.2) is 4.80 Å². The van der Waals surface area contributed by atoms with Crippen LogP contribution in [0.2, 0.25) is 5.02 Å². The molecule has 2 heterocycles. The first-order chi connectivity index (χ1) is 16.4. The van der Waals surface area contributed by atoms with Crippen molar-refractivity contribution in [2.75, 3.05) is 20.8 Å². The fourth-order valence-electron chi connectivity index (χ4n) is 3.88. The number of ether oxygens (including phenoxy) is 3. The van der Waals surface area contributed by atoms with E-state index in [0.29, 0.717) is 42.7 Å². The van der Waals surface area contributed by atoms with Crippen LogP contribution in [0.15, 0.2) is 63.5 Å². The first-order valence-electron chi connectivity index (χ1n) is 10.6. The number of carbonyl (C=O) groups is 1. The molecule has 0 fully saturated rings. The fraction of sp³-hybridized carbons (Fsp3) is 0.240. The Morgan fingerprint density at radius 2 is 1.97 bits per heavy atom. The Morgan fingerprint density at radius 1 is 1.21 bits per heavy atom. The molecule has 1 aliphatic rings. The molecule has 0 saturated carbocycles. The van der Waals surface area contributed by atoms with Gasteiger partial charge in [-0.25, -0.2) is 9.79 Å². The normalized spacial score (nSPS) is 15.6. The summed E-state index contributed by atoms with van der Waals surface area (Å²) in [4.78, 5) is 31.7. The second-order valence-electron chi connectivity index (χ2n) is 7.43. The number of nitrogens with zero attached hydrogens (tertiary/aromatic N) is 2. The topological polar surface area (TPSA) is 79.1 Å². The number of fused-ring (bicyclic) bond motifs is 1. The number of esters is 1. The average Bonchev–Trinajstić information content (AvgIpc) is 3.13. The van der Waals surface area contributed by atoms with E-state index in [1.165, 1.54) is 15.9 Å². The van der Waals surface area contributed by atoms with Crippen LogP contribution in [-0.4, -0.2) is 31.4 Å². The molecule has 3 aromatic rings. The summed E-state index contributed by atoms with van der Waals surface area (Å²) < 4.78 is 18.0. The van der Waals surface area contributed by atoms with Crippen LogP contribution >= 0.6 is 22.9 Å². The van der Waals surface area contributed by atoms with Crippen LogP contribution in [0.3, 0.4) is 0 Å². The first kappa shape index (κ1) is 23.8. The molecule has 0 unspecified atom stereocenters. The molecule has 34 heavy (non-hydrogen) atoms. The second-order valence-corrected chi connectivity index (χ2v) is 8.85. The lowest BCUT2D eigenvalue weighted by Crippen LogP contribution is -2.40. The quantitative estimate of drug-likeness (QED) is 0.486. The minimum atomic E-state index is -0.765. The van der Waals surface area contributed by atoms with Gasteiger partial charge in [-0.05, 0) is 49.8 Å². The van der Waals surface area contributed by atoms with E-state index in [0.717, 1.165) is 0 Å². The number of hydrogen-bond donors (Lipinski definition) is 0. The van der Waals surface area contributed by atoms with Gasteiger partial charge in [0.1, 0.15) is 17.5 Å². The maximum Gasteiger partial charge on any atom is 0.338 e. The summed E-state index contributed by atoms with van der Waals surface area (Å²) in [5.74, 6) is 0.698. The first-order valence-corrected chi connectivity index (χ1v) is 11.7. The van der Waals surface area contributed by atoms with Crippen LogP contribution in [0, 0.1) is 0 Å². The van der Waals surface area contributed by atoms with E-state index in [9.17, 15) is 9.59 Å².